The molecule has 0 atom stereocenters. The molecular formula is C15H20BrNO2. The number of rotatable bonds is 3. The Morgan fingerprint density at radius 3 is 2.74 bits per heavy atom. The van der Waals surface area contributed by atoms with Gasteiger partial charge < -0.3 is 9.64 Å². The quantitative estimate of drug-likeness (QED) is 0.847. The van der Waals surface area contributed by atoms with Gasteiger partial charge in [-0.1, -0.05) is 22.9 Å². The summed E-state index contributed by atoms with van der Waals surface area (Å²) < 4.78 is 6.46. The van der Waals surface area contributed by atoms with Gasteiger partial charge in [0.25, 0.3) is 5.91 Å². The Bertz CT molecular complexity index is 453. The van der Waals surface area contributed by atoms with E-state index < -0.39 is 0 Å². The highest BCUT2D eigenvalue weighted by Gasteiger charge is 2.23. The van der Waals surface area contributed by atoms with Gasteiger partial charge in [0.05, 0.1) is 12.2 Å². The molecule has 0 unspecified atom stereocenters. The molecule has 3 nitrogen and oxygen atoms in total. The number of halogens is 1. The largest absolute Gasteiger partial charge is 0.493 e. The van der Waals surface area contributed by atoms with Crippen molar-refractivity contribution >= 4 is 21.8 Å². The predicted molar refractivity (Wildman–Crippen MR) is 79.6 cm³/mol. The third kappa shape index (κ3) is 3.50. The van der Waals surface area contributed by atoms with Crippen LogP contribution in [-0.4, -0.2) is 30.5 Å². The maximum absolute atomic E-state index is 12.6. The topological polar surface area (TPSA) is 29.5 Å². The molecule has 0 saturated carbocycles. The lowest BCUT2D eigenvalue weighted by Gasteiger charge is -2.30. The van der Waals surface area contributed by atoms with Gasteiger partial charge in [-0.2, -0.15) is 0 Å². The van der Waals surface area contributed by atoms with E-state index in [-0.39, 0.29) is 5.91 Å². The van der Waals surface area contributed by atoms with Gasteiger partial charge in [0.2, 0.25) is 0 Å². The SMILES string of the molecule is CCOc1ccc(Br)cc1C(=O)N1CCC(C)CC1. The van der Waals surface area contributed by atoms with Gasteiger partial charge in [0, 0.05) is 17.6 Å². The van der Waals surface area contributed by atoms with Crippen molar-refractivity contribution in [3.05, 3.63) is 28.2 Å². The molecule has 104 valence electrons. The summed E-state index contributed by atoms with van der Waals surface area (Å²) in [5.41, 5.74) is 0.658. The third-order valence-corrected chi connectivity index (χ3v) is 4.04. The zero-order valence-corrected chi connectivity index (χ0v) is 13.1. The van der Waals surface area contributed by atoms with E-state index >= 15 is 0 Å². The molecule has 0 N–H and O–H groups in total. The Morgan fingerprint density at radius 2 is 2.11 bits per heavy atom. The summed E-state index contributed by atoms with van der Waals surface area (Å²) in [6.45, 7) is 6.43. The Hall–Kier alpha value is -1.03. The summed E-state index contributed by atoms with van der Waals surface area (Å²) in [5.74, 6) is 1.48. The van der Waals surface area contributed by atoms with Crippen LogP contribution in [0.15, 0.2) is 22.7 Å². The smallest absolute Gasteiger partial charge is 0.257 e. The monoisotopic (exact) mass is 325 g/mol. The number of hydrogen-bond acceptors (Lipinski definition) is 2. The molecule has 1 aliphatic rings. The predicted octanol–water partition coefficient (Wildman–Crippen LogP) is 3.72. The first kappa shape index (κ1) is 14.4. The van der Waals surface area contributed by atoms with Crippen molar-refractivity contribution in [3.63, 3.8) is 0 Å². The molecule has 0 aromatic heterocycles. The first-order valence-electron chi connectivity index (χ1n) is 6.83. The first-order chi connectivity index (χ1) is 9.11. The minimum absolute atomic E-state index is 0.0802. The zero-order valence-electron chi connectivity index (χ0n) is 11.5. The van der Waals surface area contributed by atoms with Crippen LogP contribution in [0.3, 0.4) is 0 Å². The molecule has 0 aliphatic carbocycles. The molecule has 1 saturated heterocycles. The number of carbonyl (C=O) groups excluding carboxylic acids is 1. The minimum atomic E-state index is 0.0802. The fraction of sp³-hybridized carbons (Fsp3) is 0.533. The van der Waals surface area contributed by atoms with Crippen LogP contribution in [-0.2, 0) is 0 Å². The van der Waals surface area contributed by atoms with Gasteiger partial charge in [-0.25, -0.2) is 0 Å². The second-order valence-corrected chi connectivity index (χ2v) is 5.96. The summed E-state index contributed by atoms with van der Waals surface area (Å²) in [7, 11) is 0. The second-order valence-electron chi connectivity index (χ2n) is 5.05. The third-order valence-electron chi connectivity index (χ3n) is 3.54. The van der Waals surface area contributed by atoms with Crippen molar-refractivity contribution in [2.75, 3.05) is 19.7 Å². The molecule has 1 aromatic rings. The molecule has 1 fully saturated rings. The van der Waals surface area contributed by atoms with Crippen molar-refractivity contribution in [1.29, 1.82) is 0 Å². The van der Waals surface area contributed by atoms with Crippen LogP contribution in [0.1, 0.15) is 37.0 Å². The number of piperidine rings is 1. The zero-order chi connectivity index (χ0) is 13.8. The summed E-state index contributed by atoms with van der Waals surface area (Å²) in [6, 6.07) is 5.61. The molecule has 19 heavy (non-hydrogen) atoms. The summed E-state index contributed by atoms with van der Waals surface area (Å²) in [6.07, 6.45) is 2.17. The molecule has 1 amide bonds. The van der Waals surface area contributed by atoms with Crippen LogP contribution in [0.4, 0.5) is 0 Å². The maximum atomic E-state index is 12.6. The fourth-order valence-corrected chi connectivity index (χ4v) is 2.69. The number of nitrogens with zero attached hydrogens (tertiary/aromatic N) is 1. The highest BCUT2D eigenvalue weighted by molar-refractivity contribution is 9.10. The lowest BCUT2D eigenvalue weighted by Crippen LogP contribution is -2.38. The minimum Gasteiger partial charge on any atom is -0.493 e. The molecule has 1 heterocycles. The van der Waals surface area contributed by atoms with Gasteiger partial charge in [-0.15, -0.1) is 0 Å². The van der Waals surface area contributed by atoms with Crippen LogP contribution in [0, 0.1) is 5.92 Å². The molecular weight excluding hydrogens is 306 g/mol. The molecule has 1 aliphatic heterocycles. The lowest BCUT2D eigenvalue weighted by atomic mass is 9.98. The van der Waals surface area contributed by atoms with E-state index in [0.29, 0.717) is 17.9 Å². The van der Waals surface area contributed by atoms with Gasteiger partial charge in [0.1, 0.15) is 5.75 Å². The molecule has 0 spiro atoms. The van der Waals surface area contributed by atoms with Crippen LogP contribution in [0.25, 0.3) is 0 Å². The van der Waals surface area contributed by atoms with Crippen LogP contribution in [0.5, 0.6) is 5.75 Å². The standard InChI is InChI=1S/C15H20BrNO2/c1-3-19-14-5-4-12(16)10-13(14)15(18)17-8-6-11(2)7-9-17/h4-5,10-11H,3,6-9H2,1-2H3. The normalized spacial score (nSPS) is 16.5. The van der Waals surface area contributed by atoms with Crippen molar-refractivity contribution < 1.29 is 9.53 Å². The van der Waals surface area contributed by atoms with E-state index in [4.69, 9.17) is 4.74 Å². The highest BCUT2D eigenvalue weighted by Crippen LogP contribution is 2.26. The van der Waals surface area contributed by atoms with Crippen molar-refractivity contribution in [1.82, 2.24) is 4.90 Å². The summed E-state index contributed by atoms with van der Waals surface area (Å²) >= 11 is 3.42. The highest BCUT2D eigenvalue weighted by atomic mass is 79.9. The summed E-state index contributed by atoms with van der Waals surface area (Å²) in [5, 5.41) is 0. The fourth-order valence-electron chi connectivity index (χ4n) is 2.33. The van der Waals surface area contributed by atoms with Gasteiger partial charge >= 0.3 is 0 Å². The average molecular weight is 326 g/mol. The van der Waals surface area contributed by atoms with Crippen LogP contribution >= 0.6 is 15.9 Å². The van der Waals surface area contributed by atoms with E-state index in [1.165, 1.54) is 0 Å². The number of ether oxygens (including phenoxy) is 1. The van der Waals surface area contributed by atoms with Crippen molar-refractivity contribution in [3.8, 4) is 5.75 Å². The van der Waals surface area contributed by atoms with E-state index in [2.05, 4.69) is 22.9 Å². The maximum Gasteiger partial charge on any atom is 0.257 e. The van der Waals surface area contributed by atoms with Crippen LogP contribution in [0.2, 0.25) is 0 Å². The number of hydrogen-bond donors (Lipinski definition) is 0. The Morgan fingerprint density at radius 1 is 1.42 bits per heavy atom. The van der Waals surface area contributed by atoms with E-state index in [1.807, 2.05) is 30.0 Å². The number of amides is 1. The van der Waals surface area contributed by atoms with Gasteiger partial charge in [-0.3, -0.25) is 4.79 Å². The number of benzene rings is 1. The second kappa shape index (κ2) is 6.42. The van der Waals surface area contributed by atoms with E-state index in [0.717, 1.165) is 36.3 Å². The van der Waals surface area contributed by atoms with E-state index in [9.17, 15) is 4.79 Å². The first-order valence-corrected chi connectivity index (χ1v) is 7.62. The molecule has 1 aromatic carbocycles. The number of carbonyl (C=O) groups is 1. The van der Waals surface area contributed by atoms with Crippen molar-refractivity contribution in [2.24, 2.45) is 5.92 Å². The molecule has 0 radical (unpaired) electrons. The van der Waals surface area contributed by atoms with Crippen LogP contribution < -0.4 is 4.74 Å². The van der Waals surface area contributed by atoms with Crippen molar-refractivity contribution in [2.45, 2.75) is 26.7 Å². The van der Waals surface area contributed by atoms with Gasteiger partial charge in [-0.05, 0) is 43.9 Å². The Balaban J connectivity index is 2.20. The molecule has 2 rings (SSSR count). The summed E-state index contributed by atoms with van der Waals surface area (Å²) in [4.78, 5) is 14.5. The Kier molecular flexibility index (Phi) is 4.86. The number of likely N-dealkylation sites (tertiary alicyclic amines) is 1. The van der Waals surface area contributed by atoms with Gasteiger partial charge in [0.15, 0.2) is 0 Å². The molecule has 0 bridgehead atoms. The lowest BCUT2D eigenvalue weighted by molar-refractivity contribution is 0.0693. The van der Waals surface area contributed by atoms with E-state index in [1.54, 1.807) is 0 Å². The molecule has 4 heteroatoms. The Labute approximate surface area is 123 Å². The average Bonchev–Trinajstić information content (AvgIpc) is 2.41.